The number of aromatic carboxylic acids is 1. The summed E-state index contributed by atoms with van der Waals surface area (Å²) in [6.07, 6.45) is -2.66. The summed E-state index contributed by atoms with van der Waals surface area (Å²) in [7, 11) is 0. The number of carboxylic acid groups (broad SMARTS) is 1. The molecule has 0 fully saturated rings. The van der Waals surface area contributed by atoms with Gasteiger partial charge in [-0.25, -0.2) is 13.8 Å². The Kier molecular flexibility index (Phi) is 6.80. The Labute approximate surface area is 201 Å². The molecule has 182 valence electrons. The minimum Gasteiger partial charge on any atom is -0.545 e. The predicted octanol–water partition coefficient (Wildman–Crippen LogP) is 6.07. The van der Waals surface area contributed by atoms with Crippen LogP contribution in [0.25, 0.3) is 11.1 Å². The lowest BCUT2D eigenvalue weighted by Gasteiger charge is -2.17. The molecule has 10 heteroatoms. The van der Waals surface area contributed by atoms with Gasteiger partial charge in [0.15, 0.2) is 0 Å². The number of rotatable bonds is 6. The first-order valence-electron chi connectivity index (χ1n) is 10.4. The number of aromatic nitrogens is 1. The van der Waals surface area contributed by atoms with Gasteiger partial charge in [-0.3, -0.25) is 0 Å². The summed E-state index contributed by atoms with van der Waals surface area (Å²) in [5.74, 6) is -3.33. The molecule has 0 saturated heterocycles. The summed E-state index contributed by atoms with van der Waals surface area (Å²) in [4.78, 5) is 15.1. The fourth-order valence-electron chi connectivity index (χ4n) is 3.95. The molecule has 1 heterocycles. The third kappa shape index (κ3) is 5.30. The lowest BCUT2D eigenvalue weighted by molar-refractivity contribution is -0.255. The van der Waals surface area contributed by atoms with Crippen LogP contribution in [-0.4, -0.2) is 11.0 Å². The standard InChI is InChI=1S/C25H17ClF5NO3/c26-21-10-16(27)6-4-14(21)12-35-23-19(9-15(11-32-23)25(29,30)31)18-3-1-2-17(18)13-5-7-22(28)20(8-13)24(33)34/h4-11H,1-3,12H2,(H,33,34)/p-1. The highest BCUT2D eigenvalue weighted by atomic mass is 35.5. The molecule has 2 aromatic carbocycles. The second-order valence-corrected chi connectivity index (χ2v) is 8.30. The molecule has 0 unspecified atom stereocenters. The van der Waals surface area contributed by atoms with Gasteiger partial charge in [-0.2, -0.15) is 13.2 Å². The number of ether oxygens (including phenoxy) is 1. The van der Waals surface area contributed by atoms with Gasteiger partial charge in [0.1, 0.15) is 18.2 Å². The zero-order valence-electron chi connectivity index (χ0n) is 17.9. The zero-order chi connectivity index (χ0) is 25.3. The van der Waals surface area contributed by atoms with Gasteiger partial charge in [0.25, 0.3) is 0 Å². The minimum atomic E-state index is -4.67. The molecule has 3 aromatic rings. The highest BCUT2D eigenvalue weighted by molar-refractivity contribution is 6.31. The first kappa shape index (κ1) is 24.7. The monoisotopic (exact) mass is 508 g/mol. The molecule has 0 saturated carbocycles. The summed E-state index contributed by atoms with van der Waals surface area (Å²) >= 11 is 6.02. The molecule has 0 aliphatic heterocycles. The second-order valence-electron chi connectivity index (χ2n) is 7.89. The number of carboxylic acids is 1. The van der Waals surface area contributed by atoms with E-state index in [1.54, 1.807) is 0 Å². The molecule has 35 heavy (non-hydrogen) atoms. The molecule has 0 bridgehead atoms. The first-order valence-corrected chi connectivity index (χ1v) is 10.8. The Bertz CT molecular complexity index is 1340. The Morgan fingerprint density at radius 1 is 1.06 bits per heavy atom. The van der Waals surface area contributed by atoms with Crippen molar-refractivity contribution < 1.29 is 36.6 Å². The Hall–Kier alpha value is -3.46. The quantitative estimate of drug-likeness (QED) is 0.379. The van der Waals surface area contributed by atoms with Crippen LogP contribution >= 0.6 is 11.6 Å². The molecule has 0 atom stereocenters. The van der Waals surface area contributed by atoms with Gasteiger partial charge < -0.3 is 14.6 Å². The molecule has 0 amide bonds. The Balaban J connectivity index is 1.80. The Morgan fingerprint density at radius 2 is 1.80 bits per heavy atom. The van der Waals surface area contributed by atoms with Gasteiger partial charge in [-0.05, 0) is 66.3 Å². The number of benzene rings is 2. The average Bonchev–Trinajstić information content (AvgIpc) is 3.27. The molecular weight excluding hydrogens is 493 g/mol. The number of alkyl halides is 3. The molecular formula is C25H16ClF5NO3-. The van der Waals surface area contributed by atoms with E-state index in [0.29, 0.717) is 47.7 Å². The highest BCUT2D eigenvalue weighted by Crippen LogP contribution is 2.44. The molecule has 0 radical (unpaired) electrons. The molecule has 1 aliphatic carbocycles. The van der Waals surface area contributed by atoms with Crippen LogP contribution in [0.2, 0.25) is 5.02 Å². The number of hydrogen-bond acceptors (Lipinski definition) is 4. The number of pyridine rings is 1. The fraction of sp³-hybridized carbons (Fsp3) is 0.200. The first-order chi connectivity index (χ1) is 16.5. The second kappa shape index (κ2) is 9.65. The van der Waals surface area contributed by atoms with E-state index >= 15 is 0 Å². The third-order valence-corrected chi connectivity index (χ3v) is 5.99. The number of carbonyl (C=O) groups excluding carboxylic acids is 1. The molecule has 0 N–H and O–H groups in total. The van der Waals surface area contributed by atoms with Gasteiger partial charge in [0.05, 0.1) is 16.6 Å². The van der Waals surface area contributed by atoms with E-state index in [9.17, 15) is 31.9 Å². The van der Waals surface area contributed by atoms with E-state index in [1.165, 1.54) is 18.2 Å². The van der Waals surface area contributed by atoms with Crippen LogP contribution in [0, 0.1) is 11.6 Å². The molecule has 4 nitrogen and oxygen atoms in total. The van der Waals surface area contributed by atoms with E-state index in [2.05, 4.69) is 4.98 Å². The van der Waals surface area contributed by atoms with Crippen LogP contribution in [0.15, 0.2) is 48.7 Å². The lowest BCUT2D eigenvalue weighted by atomic mass is 9.95. The summed E-state index contributed by atoms with van der Waals surface area (Å²) in [5, 5.41) is 11.3. The normalized spacial score (nSPS) is 13.9. The van der Waals surface area contributed by atoms with Crippen molar-refractivity contribution in [2.75, 3.05) is 0 Å². The van der Waals surface area contributed by atoms with Crippen molar-refractivity contribution in [1.82, 2.24) is 4.98 Å². The van der Waals surface area contributed by atoms with E-state index in [0.717, 1.165) is 24.3 Å². The Morgan fingerprint density at radius 3 is 2.49 bits per heavy atom. The van der Waals surface area contributed by atoms with Crippen molar-refractivity contribution in [3.05, 3.63) is 93.1 Å². The number of allylic oxidation sites excluding steroid dienone is 2. The molecule has 1 aromatic heterocycles. The summed E-state index contributed by atoms with van der Waals surface area (Å²) in [6, 6.07) is 8.00. The predicted molar refractivity (Wildman–Crippen MR) is 116 cm³/mol. The van der Waals surface area contributed by atoms with Crippen LogP contribution in [0.3, 0.4) is 0 Å². The van der Waals surface area contributed by atoms with Gasteiger partial charge in [0.2, 0.25) is 5.88 Å². The molecule has 1 aliphatic rings. The smallest absolute Gasteiger partial charge is 0.417 e. The van der Waals surface area contributed by atoms with E-state index in [4.69, 9.17) is 16.3 Å². The SMILES string of the molecule is O=C([O-])c1cc(C2=C(c3cc(C(F)(F)F)cnc3OCc3ccc(F)cc3Cl)CCC2)ccc1F. The van der Waals surface area contributed by atoms with Crippen LogP contribution in [0.4, 0.5) is 22.0 Å². The summed E-state index contributed by atoms with van der Waals surface area (Å²) < 4.78 is 73.3. The van der Waals surface area contributed by atoms with Crippen LogP contribution in [0.1, 0.15) is 51.9 Å². The number of hydrogen-bond donors (Lipinski definition) is 0. The maximum absolute atomic E-state index is 13.9. The van der Waals surface area contributed by atoms with Crippen molar-refractivity contribution >= 4 is 28.7 Å². The van der Waals surface area contributed by atoms with E-state index in [-0.39, 0.29) is 23.1 Å². The van der Waals surface area contributed by atoms with Crippen LogP contribution < -0.4 is 9.84 Å². The topological polar surface area (TPSA) is 62.2 Å². The minimum absolute atomic E-state index is 0.0740. The zero-order valence-corrected chi connectivity index (χ0v) is 18.6. The van der Waals surface area contributed by atoms with E-state index in [1.807, 2.05) is 0 Å². The maximum atomic E-state index is 13.9. The number of nitrogens with zero attached hydrogens (tertiary/aromatic N) is 1. The van der Waals surface area contributed by atoms with Crippen LogP contribution in [-0.2, 0) is 12.8 Å². The van der Waals surface area contributed by atoms with Crippen molar-refractivity contribution in [3.63, 3.8) is 0 Å². The fourth-order valence-corrected chi connectivity index (χ4v) is 4.17. The lowest BCUT2D eigenvalue weighted by Crippen LogP contribution is -2.23. The molecule has 0 spiro atoms. The summed E-state index contributed by atoms with van der Waals surface area (Å²) in [6.45, 7) is -0.182. The third-order valence-electron chi connectivity index (χ3n) is 5.64. The van der Waals surface area contributed by atoms with Gasteiger partial charge >= 0.3 is 6.18 Å². The largest absolute Gasteiger partial charge is 0.545 e. The van der Waals surface area contributed by atoms with Crippen LogP contribution in [0.5, 0.6) is 5.88 Å². The van der Waals surface area contributed by atoms with Crippen molar-refractivity contribution in [2.45, 2.75) is 32.0 Å². The number of carbonyl (C=O) groups is 1. The summed E-state index contributed by atoms with van der Waals surface area (Å²) in [5.41, 5.74) is 0.211. The van der Waals surface area contributed by atoms with Crippen molar-refractivity contribution in [2.24, 2.45) is 0 Å². The van der Waals surface area contributed by atoms with Gasteiger partial charge in [-0.15, -0.1) is 0 Å². The van der Waals surface area contributed by atoms with Crippen molar-refractivity contribution in [1.29, 1.82) is 0 Å². The average molecular weight is 509 g/mol. The van der Waals surface area contributed by atoms with E-state index < -0.39 is 34.9 Å². The van der Waals surface area contributed by atoms with Gasteiger partial charge in [-0.1, -0.05) is 23.7 Å². The maximum Gasteiger partial charge on any atom is 0.417 e. The number of halogens is 6. The van der Waals surface area contributed by atoms with Crippen molar-refractivity contribution in [3.8, 4) is 5.88 Å². The highest BCUT2D eigenvalue weighted by Gasteiger charge is 2.33. The molecule has 4 rings (SSSR count). The van der Waals surface area contributed by atoms with Gasteiger partial charge in [0, 0.05) is 22.9 Å².